The minimum absolute atomic E-state index is 0.423. The fourth-order valence-electron chi connectivity index (χ4n) is 3.15. The van der Waals surface area contributed by atoms with Crippen LogP contribution < -0.4 is 10.2 Å². The molecular formula is C22H24F3N5OS. The summed E-state index contributed by atoms with van der Waals surface area (Å²) in [6.45, 7) is 7.62. The summed E-state index contributed by atoms with van der Waals surface area (Å²) >= 11 is 1.12. The molecule has 0 bridgehead atoms. The van der Waals surface area contributed by atoms with E-state index >= 15 is 0 Å². The molecule has 0 aliphatic carbocycles. The predicted molar refractivity (Wildman–Crippen MR) is 120 cm³/mol. The minimum Gasteiger partial charge on any atom is -0.372 e. The molecule has 2 aromatic carbocycles. The highest BCUT2D eigenvalue weighted by atomic mass is 32.2. The van der Waals surface area contributed by atoms with Gasteiger partial charge < -0.3 is 14.8 Å². The Morgan fingerprint density at radius 3 is 2.34 bits per heavy atom. The first-order chi connectivity index (χ1) is 15.3. The fourth-order valence-corrected chi connectivity index (χ4v) is 3.96. The second-order valence-corrected chi connectivity index (χ2v) is 8.36. The zero-order valence-corrected chi connectivity index (χ0v) is 19.0. The highest BCUT2D eigenvalue weighted by molar-refractivity contribution is 8.00. The number of hydrogen-bond donors (Lipinski definition) is 1. The number of carbonyl (C=O) groups is 1. The molecule has 3 aromatic rings. The summed E-state index contributed by atoms with van der Waals surface area (Å²) in [6, 6.07) is 9.71. The molecule has 10 heteroatoms. The van der Waals surface area contributed by atoms with E-state index in [0.29, 0.717) is 11.0 Å². The van der Waals surface area contributed by atoms with Crippen LogP contribution in [-0.4, -0.2) is 39.0 Å². The monoisotopic (exact) mass is 463 g/mol. The Labute approximate surface area is 188 Å². The second-order valence-electron chi connectivity index (χ2n) is 7.06. The zero-order valence-electron chi connectivity index (χ0n) is 18.2. The third kappa shape index (κ3) is 4.90. The number of nitrogens with one attached hydrogen (secondary N) is 1. The molecular weight excluding hydrogens is 439 g/mol. The molecule has 0 saturated carbocycles. The summed E-state index contributed by atoms with van der Waals surface area (Å²) in [5, 5.41) is 10.5. The van der Waals surface area contributed by atoms with Crippen LogP contribution in [0, 0.1) is 17.5 Å². The van der Waals surface area contributed by atoms with Gasteiger partial charge in [0.05, 0.1) is 10.9 Å². The lowest BCUT2D eigenvalue weighted by Crippen LogP contribution is -2.23. The summed E-state index contributed by atoms with van der Waals surface area (Å²) in [4.78, 5) is 14.7. The van der Waals surface area contributed by atoms with Crippen LogP contribution in [-0.2, 0) is 11.8 Å². The number of rotatable bonds is 8. The second kappa shape index (κ2) is 10.1. The molecule has 3 rings (SSSR count). The van der Waals surface area contributed by atoms with E-state index < -0.39 is 34.3 Å². The molecule has 6 nitrogen and oxygen atoms in total. The van der Waals surface area contributed by atoms with Crippen molar-refractivity contribution in [2.75, 3.05) is 23.3 Å². The van der Waals surface area contributed by atoms with Gasteiger partial charge in [-0.1, -0.05) is 11.8 Å². The third-order valence-corrected chi connectivity index (χ3v) is 6.17. The molecule has 0 spiro atoms. The van der Waals surface area contributed by atoms with Gasteiger partial charge in [0.1, 0.15) is 0 Å². The van der Waals surface area contributed by atoms with Crippen LogP contribution >= 0.6 is 11.8 Å². The van der Waals surface area contributed by atoms with Gasteiger partial charge in [0, 0.05) is 31.4 Å². The van der Waals surface area contributed by atoms with Crippen LogP contribution in [0.25, 0.3) is 11.4 Å². The molecule has 170 valence electrons. The van der Waals surface area contributed by atoms with Crippen molar-refractivity contribution in [3.8, 4) is 11.4 Å². The number of carbonyl (C=O) groups excluding carboxylic acids is 1. The summed E-state index contributed by atoms with van der Waals surface area (Å²) < 4.78 is 42.0. The van der Waals surface area contributed by atoms with E-state index in [4.69, 9.17) is 0 Å². The van der Waals surface area contributed by atoms with Crippen molar-refractivity contribution in [3.05, 3.63) is 53.8 Å². The number of nitrogens with zero attached hydrogens (tertiary/aromatic N) is 4. The van der Waals surface area contributed by atoms with Gasteiger partial charge in [-0.05, 0) is 57.2 Å². The minimum atomic E-state index is -1.63. The van der Waals surface area contributed by atoms with Gasteiger partial charge >= 0.3 is 0 Å². The first-order valence-electron chi connectivity index (χ1n) is 10.1. The molecule has 32 heavy (non-hydrogen) atoms. The maximum atomic E-state index is 13.8. The molecule has 1 aromatic heterocycles. The largest absolute Gasteiger partial charge is 0.372 e. The van der Waals surface area contributed by atoms with E-state index in [9.17, 15) is 18.0 Å². The van der Waals surface area contributed by atoms with Crippen LogP contribution in [0.1, 0.15) is 20.8 Å². The first-order valence-corrected chi connectivity index (χ1v) is 11.0. The van der Waals surface area contributed by atoms with Gasteiger partial charge in [-0.15, -0.1) is 10.2 Å². The summed E-state index contributed by atoms with van der Waals surface area (Å²) in [5.41, 5.74) is 1.57. The van der Waals surface area contributed by atoms with E-state index in [-0.39, 0.29) is 0 Å². The van der Waals surface area contributed by atoms with Gasteiger partial charge in [0.15, 0.2) is 28.4 Å². The average molecular weight is 464 g/mol. The van der Waals surface area contributed by atoms with Gasteiger partial charge in [0.25, 0.3) is 0 Å². The number of halogens is 3. The highest BCUT2D eigenvalue weighted by Gasteiger charge is 2.22. The molecule has 1 heterocycles. The number of anilines is 2. The van der Waals surface area contributed by atoms with Gasteiger partial charge in [-0.25, -0.2) is 13.2 Å². The van der Waals surface area contributed by atoms with E-state index in [0.717, 1.165) is 48.2 Å². The normalized spacial score (nSPS) is 12.0. The Kier molecular flexibility index (Phi) is 7.44. The molecule has 1 atom stereocenters. The summed E-state index contributed by atoms with van der Waals surface area (Å²) in [7, 11) is 1.79. The van der Waals surface area contributed by atoms with Crippen LogP contribution in [0.5, 0.6) is 0 Å². The maximum absolute atomic E-state index is 13.8. The summed E-state index contributed by atoms with van der Waals surface area (Å²) in [6.07, 6.45) is 0. The van der Waals surface area contributed by atoms with Crippen molar-refractivity contribution < 1.29 is 18.0 Å². The Morgan fingerprint density at radius 2 is 1.72 bits per heavy atom. The van der Waals surface area contributed by atoms with Gasteiger partial charge in [0.2, 0.25) is 5.91 Å². The van der Waals surface area contributed by atoms with Crippen LogP contribution in [0.2, 0.25) is 0 Å². The van der Waals surface area contributed by atoms with Crippen LogP contribution in [0.3, 0.4) is 0 Å². The lowest BCUT2D eigenvalue weighted by atomic mass is 10.2. The van der Waals surface area contributed by atoms with Crippen molar-refractivity contribution in [2.45, 2.75) is 31.2 Å². The fraction of sp³-hybridized carbons (Fsp3) is 0.318. The van der Waals surface area contributed by atoms with Crippen molar-refractivity contribution >= 4 is 29.0 Å². The maximum Gasteiger partial charge on any atom is 0.237 e. The predicted octanol–water partition coefficient (Wildman–Crippen LogP) is 4.86. The Hall–Kier alpha value is -3.01. The van der Waals surface area contributed by atoms with E-state index in [1.807, 2.05) is 24.3 Å². The van der Waals surface area contributed by atoms with Crippen molar-refractivity contribution in [3.63, 3.8) is 0 Å². The van der Waals surface area contributed by atoms with Crippen molar-refractivity contribution in [1.29, 1.82) is 0 Å². The van der Waals surface area contributed by atoms with Gasteiger partial charge in [-0.2, -0.15) is 0 Å². The number of amides is 1. The smallest absolute Gasteiger partial charge is 0.237 e. The molecule has 0 saturated heterocycles. The van der Waals surface area contributed by atoms with E-state index in [2.05, 4.69) is 34.3 Å². The van der Waals surface area contributed by atoms with E-state index in [1.54, 1.807) is 18.5 Å². The first kappa shape index (κ1) is 23.6. The van der Waals surface area contributed by atoms with Crippen LogP contribution in [0.15, 0.2) is 41.6 Å². The summed E-state index contributed by atoms with van der Waals surface area (Å²) in [5.74, 6) is -4.33. The van der Waals surface area contributed by atoms with Gasteiger partial charge in [-0.3, -0.25) is 4.79 Å². The Bertz CT molecular complexity index is 1100. The quantitative estimate of drug-likeness (QED) is 0.382. The zero-order chi connectivity index (χ0) is 23.4. The molecule has 1 N–H and O–H groups in total. The number of thioether (sulfide) groups is 1. The molecule has 0 fully saturated rings. The molecule has 1 amide bonds. The topological polar surface area (TPSA) is 63.1 Å². The number of benzene rings is 2. The SMILES string of the molecule is CCN(CC)c1ccc(-c2nnc(SC(C)C(=O)Nc3ccc(F)c(F)c3F)n2C)cc1. The molecule has 0 aliphatic heterocycles. The van der Waals surface area contributed by atoms with E-state index in [1.165, 1.54) is 0 Å². The molecule has 0 radical (unpaired) electrons. The standard InChI is InChI=1S/C22H24F3N5OS/c1-5-30(6-2)15-9-7-14(8-10-15)20-27-28-22(29(20)4)32-13(3)21(31)26-17-12-11-16(23)18(24)19(17)25/h7-13H,5-6H2,1-4H3,(H,26,31). The Morgan fingerprint density at radius 1 is 1.06 bits per heavy atom. The number of aromatic nitrogens is 3. The average Bonchev–Trinajstić information content (AvgIpc) is 3.15. The van der Waals surface area contributed by atoms with Crippen molar-refractivity contribution in [1.82, 2.24) is 14.8 Å². The highest BCUT2D eigenvalue weighted by Crippen LogP contribution is 2.28. The number of hydrogen-bond acceptors (Lipinski definition) is 5. The molecule has 1 unspecified atom stereocenters. The lowest BCUT2D eigenvalue weighted by molar-refractivity contribution is -0.115. The molecule has 0 aliphatic rings. The third-order valence-electron chi connectivity index (χ3n) is 5.03. The van der Waals surface area contributed by atoms with Crippen LogP contribution in [0.4, 0.5) is 24.5 Å². The van der Waals surface area contributed by atoms with Crippen molar-refractivity contribution in [2.24, 2.45) is 7.05 Å². The lowest BCUT2D eigenvalue weighted by Gasteiger charge is -2.21. The Balaban J connectivity index is 1.71.